The average molecular weight is 433 g/mol. The van der Waals surface area contributed by atoms with Crippen LogP contribution < -0.4 is 4.74 Å². The van der Waals surface area contributed by atoms with Crippen LogP contribution in [0.4, 0.5) is 8.78 Å². The van der Waals surface area contributed by atoms with E-state index in [0.717, 1.165) is 69.8 Å². The van der Waals surface area contributed by atoms with Crippen molar-refractivity contribution in [3.63, 3.8) is 0 Å². The summed E-state index contributed by atoms with van der Waals surface area (Å²) in [6.07, 6.45) is 10.3. The molecule has 31 heavy (non-hydrogen) atoms. The third kappa shape index (κ3) is 7.34. The Hall–Kier alpha value is -2.43. The number of rotatable bonds is 14. The number of benzene rings is 2. The molecule has 0 saturated carbocycles. The van der Waals surface area contributed by atoms with E-state index in [9.17, 15) is 18.7 Å². The maximum Gasteiger partial charge on any atom is 0.336 e. The summed E-state index contributed by atoms with van der Waals surface area (Å²) in [5.74, 6) is -3.45. The Bertz CT molecular complexity index is 849. The lowest BCUT2D eigenvalue weighted by atomic mass is 9.94. The first kappa shape index (κ1) is 24.8. The first-order valence-electron chi connectivity index (χ1n) is 11.5. The van der Waals surface area contributed by atoms with Crippen LogP contribution in [-0.2, 0) is 6.42 Å². The molecule has 0 spiro atoms. The Kier molecular flexibility index (Phi) is 10.5. The molecule has 2 rings (SSSR count). The highest BCUT2D eigenvalue weighted by atomic mass is 19.2. The van der Waals surface area contributed by atoms with Gasteiger partial charge in [-0.05, 0) is 48.6 Å². The van der Waals surface area contributed by atoms with Crippen LogP contribution in [0.25, 0.3) is 11.1 Å². The van der Waals surface area contributed by atoms with Crippen LogP contribution in [0.15, 0.2) is 30.3 Å². The molecule has 0 amide bonds. The third-order valence-electron chi connectivity index (χ3n) is 5.48. The van der Waals surface area contributed by atoms with Gasteiger partial charge >= 0.3 is 5.97 Å². The molecule has 3 nitrogen and oxygen atoms in total. The quantitative estimate of drug-likeness (QED) is 0.310. The van der Waals surface area contributed by atoms with Crippen molar-refractivity contribution in [2.75, 3.05) is 6.61 Å². The van der Waals surface area contributed by atoms with Crippen LogP contribution in [0.5, 0.6) is 5.75 Å². The van der Waals surface area contributed by atoms with Crippen molar-refractivity contribution in [1.82, 2.24) is 0 Å². The van der Waals surface area contributed by atoms with Gasteiger partial charge in [-0.3, -0.25) is 0 Å². The number of carboxylic acid groups (broad SMARTS) is 1. The van der Waals surface area contributed by atoms with Gasteiger partial charge < -0.3 is 9.84 Å². The topological polar surface area (TPSA) is 46.5 Å². The van der Waals surface area contributed by atoms with Crippen LogP contribution in [0.3, 0.4) is 0 Å². The van der Waals surface area contributed by atoms with Crippen LogP contribution in [-0.4, -0.2) is 17.7 Å². The van der Waals surface area contributed by atoms with Gasteiger partial charge in [-0.25, -0.2) is 9.18 Å². The molecule has 0 radical (unpaired) electrons. The normalized spacial score (nSPS) is 11.0. The molecule has 0 aliphatic carbocycles. The molecule has 0 saturated heterocycles. The van der Waals surface area contributed by atoms with E-state index in [-0.39, 0.29) is 22.4 Å². The number of carbonyl (C=O) groups is 1. The summed E-state index contributed by atoms with van der Waals surface area (Å²) in [5, 5.41) is 9.54. The molecule has 0 heterocycles. The third-order valence-corrected chi connectivity index (χ3v) is 5.48. The van der Waals surface area contributed by atoms with Crippen LogP contribution in [0.1, 0.15) is 87.6 Å². The van der Waals surface area contributed by atoms with E-state index in [1.807, 2.05) is 0 Å². The number of aryl methyl sites for hydroxylation is 1. The molecule has 0 fully saturated rings. The highest BCUT2D eigenvalue weighted by Crippen LogP contribution is 2.33. The number of hydrogen-bond acceptors (Lipinski definition) is 2. The second-order valence-electron chi connectivity index (χ2n) is 8.00. The predicted octanol–water partition coefficient (Wildman–Crippen LogP) is 7.80. The largest absolute Gasteiger partial charge is 0.490 e. The van der Waals surface area contributed by atoms with Crippen molar-refractivity contribution >= 4 is 5.97 Å². The number of halogens is 2. The number of unbranched alkanes of at least 4 members (excludes halogenated alkanes) is 7. The second kappa shape index (κ2) is 13.1. The molecule has 2 aromatic carbocycles. The smallest absolute Gasteiger partial charge is 0.336 e. The highest BCUT2D eigenvalue weighted by molar-refractivity contribution is 5.96. The number of aromatic carboxylic acids is 1. The van der Waals surface area contributed by atoms with Gasteiger partial charge in [-0.1, -0.05) is 70.9 Å². The summed E-state index contributed by atoms with van der Waals surface area (Å²) in [6.45, 7) is 4.60. The number of carboxylic acids is 1. The molecule has 0 aromatic heterocycles. The van der Waals surface area contributed by atoms with Crippen molar-refractivity contribution < 1.29 is 23.4 Å². The minimum absolute atomic E-state index is 0.0415. The predicted molar refractivity (Wildman–Crippen MR) is 121 cm³/mol. The molecule has 0 aliphatic heterocycles. The van der Waals surface area contributed by atoms with Gasteiger partial charge in [-0.2, -0.15) is 4.39 Å². The number of ether oxygens (including phenoxy) is 1. The van der Waals surface area contributed by atoms with E-state index in [1.165, 1.54) is 18.2 Å². The minimum atomic E-state index is -1.17. The fraction of sp³-hybridized carbons (Fsp3) is 0.500. The van der Waals surface area contributed by atoms with Crippen LogP contribution >= 0.6 is 0 Å². The van der Waals surface area contributed by atoms with Crippen molar-refractivity contribution in [2.45, 2.75) is 78.1 Å². The Morgan fingerprint density at radius 2 is 1.52 bits per heavy atom. The van der Waals surface area contributed by atoms with Gasteiger partial charge in [0.1, 0.15) is 0 Å². The van der Waals surface area contributed by atoms with Gasteiger partial charge in [0.25, 0.3) is 0 Å². The Labute approximate surface area is 184 Å². The second-order valence-corrected chi connectivity index (χ2v) is 8.00. The van der Waals surface area contributed by atoms with Crippen LogP contribution in [0, 0.1) is 11.6 Å². The average Bonchev–Trinajstić information content (AvgIpc) is 2.76. The van der Waals surface area contributed by atoms with Gasteiger partial charge in [0, 0.05) is 5.56 Å². The fourth-order valence-electron chi connectivity index (χ4n) is 3.65. The van der Waals surface area contributed by atoms with Crippen LogP contribution in [0.2, 0.25) is 0 Å². The maximum atomic E-state index is 14.9. The molecule has 0 aliphatic rings. The Morgan fingerprint density at radius 3 is 2.19 bits per heavy atom. The SMILES string of the molecule is CCCCCCCOc1ccc(-c2cc(CCCCCC)ccc2C(=O)O)c(F)c1F. The van der Waals surface area contributed by atoms with E-state index < -0.39 is 17.6 Å². The maximum absolute atomic E-state index is 14.9. The van der Waals surface area contributed by atoms with E-state index in [1.54, 1.807) is 12.1 Å². The fourth-order valence-corrected chi connectivity index (χ4v) is 3.65. The summed E-state index contributed by atoms with van der Waals surface area (Å²) in [4.78, 5) is 11.7. The Morgan fingerprint density at radius 1 is 0.839 bits per heavy atom. The summed E-state index contributed by atoms with van der Waals surface area (Å²) in [6, 6.07) is 7.70. The monoisotopic (exact) mass is 432 g/mol. The van der Waals surface area contributed by atoms with E-state index in [4.69, 9.17) is 4.74 Å². The molecule has 0 bridgehead atoms. The lowest BCUT2D eigenvalue weighted by Crippen LogP contribution is -2.05. The summed E-state index contributed by atoms with van der Waals surface area (Å²) in [7, 11) is 0. The minimum Gasteiger partial charge on any atom is -0.490 e. The molecule has 1 N–H and O–H groups in total. The number of hydrogen-bond donors (Lipinski definition) is 1. The van der Waals surface area contributed by atoms with Crippen molar-refractivity contribution in [2.24, 2.45) is 0 Å². The van der Waals surface area contributed by atoms with E-state index >= 15 is 0 Å². The molecule has 170 valence electrons. The molecule has 0 unspecified atom stereocenters. The van der Waals surface area contributed by atoms with Crippen molar-refractivity contribution in [3.8, 4) is 16.9 Å². The van der Waals surface area contributed by atoms with E-state index in [2.05, 4.69) is 13.8 Å². The van der Waals surface area contributed by atoms with Gasteiger partial charge in [0.2, 0.25) is 5.82 Å². The van der Waals surface area contributed by atoms with Crippen molar-refractivity contribution in [1.29, 1.82) is 0 Å². The molecular formula is C26H34F2O3. The van der Waals surface area contributed by atoms with Gasteiger partial charge in [-0.15, -0.1) is 0 Å². The zero-order valence-corrected chi connectivity index (χ0v) is 18.7. The lowest BCUT2D eigenvalue weighted by molar-refractivity contribution is 0.0697. The lowest BCUT2D eigenvalue weighted by Gasteiger charge is -2.13. The van der Waals surface area contributed by atoms with Crippen molar-refractivity contribution in [3.05, 3.63) is 53.1 Å². The van der Waals surface area contributed by atoms with E-state index in [0.29, 0.717) is 6.61 Å². The molecule has 2 aromatic rings. The molecule has 0 atom stereocenters. The Balaban J connectivity index is 2.20. The highest BCUT2D eigenvalue weighted by Gasteiger charge is 2.20. The zero-order valence-electron chi connectivity index (χ0n) is 18.7. The standard InChI is InChI=1S/C26H34F2O3/c1-3-5-7-9-11-17-31-23-16-15-20(24(27)25(23)28)22-18-19(12-10-8-6-4-2)13-14-21(22)26(29)30/h13-16,18H,3-12,17H2,1-2H3,(H,29,30). The molecule has 5 heteroatoms. The summed E-state index contributed by atoms with van der Waals surface area (Å²) in [5.41, 5.74) is 1.02. The van der Waals surface area contributed by atoms with Gasteiger partial charge in [0.05, 0.1) is 12.2 Å². The molecular weight excluding hydrogens is 398 g/mol. The first-order chi connectivity index (χ1) is 15.0. The zero-order chi connectivity index (χ0) is 22.6. The van der Waals surface area contributed by atoms with Gasteiger partial charge in [0.15, 0.2) is 11.6 Å². The summed E-state index contributed by atoms with van der Waals surface area (Å²) < 4.78 is 35.0. The first-order valence-corrected chi connectivity index (χ1v) is 11.5. The summed E-state index contributed by atoms with van der Waals surface area (Å²) >= 11 is 0.